The lowest BCUT2D eigenvalue weighted by Gasteiger charge is -2.16. The van der Waals surface area contributed by atoms with E-state index in [1.165, 1.54) is 0 Å². The molecule has 0 fully saturated rings. The molecule has 13 aromatic rings. The van der Waals surface area contributed by atoms with E-state index in [1.807, 2.05) is 141 Å². The van der Waals surface area contributed by atoms with Crippen molar-refractivity contribution in [1.29, 1.82) is 0 Å². The van der Waals surface area contributed by atoms with Crippen LogP contribution in [0.4, 0.5) is 0 Å². The minimum Gasteiger partial charge on any atom is -0.292 e. The van der Waals surface area contributed by atoms with Crippen LogP contribution in [-0.2, 0) is 0 Å². The number of benzene rings is 7. The zero-order valence-electron chi connectivity index (χ0n) is 48.1. The maximum absolute atomic E-state index is 8.62. The van der Waals surface area contributed by atoms with E-state index in [2.05, 4.69) is 15.0 Å². The van der Waals surface area contributed by atoms with Crippen molar-refractivity contribution in [3.8, 4) is 85.0 Å². The zero-order valence-corrected chi connectivity index (χ0v) is 36.1. The fourth-order valence-corrected chi connectivity index (χ4v) is 8.86. The molecule has 9 nitrogen and oxygen atoms in total. The number of hydrogen-bond acceptors (Lipinski definition) is 6. The van der Waals surface area contributed by atoms with Gasteiger partial charge >= 0.3 is 0 Å². The Morgan fingerprint density at radius 3 is 0.899 bits per heavy atom. The van der Waals surface area contributed by atoms with Crippen LogP contribution < -0.4 is 0 Å². The topological polar surface area (TPSA) is 92.1 Å². The van der Waals surface area contributed by atoms with Crippen molar-refractivity contribution in [2.45, 2.75) is 0 Å². The third-order valence-electron chi connectivity index (χ3n) is 12.0. The Morgan fingerprint density at radius 2 is 0.594 bits per heavy atom. The molecule has 0 saturated carbocycles. The van der Waals surface area contributed by atoms with Crippen LogP contribution in [0.25, 0.3) is 118 Å². The summed E-state index contributed by atoms with van der Waals surface area (Å²) in [5.74, 6) is 1.64. The minimum atomic E-state index is -0.416. The molecule has 0 aliphatic carbocycles. The Hall–Kier alpha value is -9.60. The van der Waals surface area contributed by atoms with E-state index in [0.717, 1.165) is 16.6 Å². The number of hydrogen-bond donors (Lipinski definition) is 0. The second kappa shape index (κ2) is 16.7. The van der Waals surface area contributed by atoms with Gasteiger partial charge in [0.1, 0.15) is 17.5 Å². The molecule has 0 N–H and O–H groups in total. The summed E-state index contributed by atoms with van der Waals surface area (Å²) in [5.41, 5.74) is 10.3. The lowest BCUT2D eigenvalue weighted by atomic mass is 10.0. The molecule has 6 heterocycles. The first-order valence-electron chi connectivity index (χ1n) is 27.9. The van der Waals surface area contributed by atoms with Crippen LogP contribution in [0.15, 0.2) is 237 Å². The van der Waals surface area contributed by atoms with Gasteiger partial charge in [-0.1, -0.05) is 90.9 Å². The van der Waals surface area contributed by atoms with Gasteiger partial charge in [0, 0.05) is 69.0 Å². The Bertz CT molecular complexity index is 4250. The first-order valence-corrected chi connectivity index (χ1v) is 21.9. The molecule has 0 radical (unpaired) electrons. The zero-order chi connectivity index (χ0) is 56.1. The molecule has 0 spiro atoms. The van der Waals surface area contributed by atoms with Crippen LogP contribution in [0.1, 0.15) is 16.4 Å². The highest BCUT2D eigenvalue weighted by Gasteiger charge is 2.23. The number of nitrogens with zero attached hydrogens (tertiary/aromatic N) is 9. The Labute approximate surface area is 413 Å². The lowest BCUT2D eigenvalue weighted by molar-refractivity contribution is 1.09. The highest BCUT2D eigenvalue weighted by Crippen LogP contribution is 2.39. The van der Waals surface area contributed by atoms with Gasteiger partial charge in [-0.25, -0.2) is 15.0 Å². The summed E-state index contributed by atoms with van der Waals surface area (Å²) in [7, 11) is 0. The van der Waals surface area contributed by atoms with Crippen LogP contribution in [-0.4, -0.2) is 43.6 Å². The first kappa shape index (κ1) is 29.1. The van der Waals surface area contributed by atoms with E-state index in [0.29, 0.717) is 84.5 Å². The Balaban J connectivity index is 1.04. The number of para-hydroxylation sites is 6. The first-order chi connectivity index (χ1) is 39.1. The van der Waals surface area contributed by atoms with Gasteiger partial charge in [-0.3, -0.25) is 28.7 Å². The van der Waals surface area contributed by atoms with Crippen LogP contribution in [0.3, 0.4) is 0 Å². The summed E-state index contributed by atoms with van der Waals surface area (Å²) in [6.07, 6.45) is -1.18. The van der Waals surface area contributed by atoms with Gasteiger partial charge in [-0.15, -0.1) is 0 Å². The molecule has 0 atom stereocenters. The third-order valence-corrected chi connectivity index (χ3v) is 12.0. The van der Waals surface area contributed by atoms with Gasteiger partial charge in [0.05, 0.1) is 66.6 Å². The molecule has 0 amide bonds. The van der Waals surface area contributed by atoms with Crippen molar-refractivity contribution < 1.29 is 16.4 Å². The summed E-state index contributed by atoms with van der Waals surface area (Å²) in [4.78, 5) is 28.6. The predicted octanol–water partition coefficient (Wildman–Crippen LogP) is 13.9. The molecule has 0 aliphatic rings. The van der Waals surface area contributed by atoms with E-state index < -0.39 is 36.6 Å². The van der Waals surface area contributed by atoms with E-state index in [-0.39, 0.29) is 53.3 Å². The lowest BCUT2D eigenvalue weighted by Crippen LogP contribution is -2.02. The third kappa shape index (κ3) is 7.13. The van der Waals surface area contributed by atoms with Crippen LogP contribution in [0, 0.1) is 0 Å². The van der Waals surface area contributed by atoms with E-state index in [1.54, 1.807) is 36.4 Å². The van der Waals surface area contributed by atoms with Crippen molar-refractivity contribution >= 4 is 33.1 Å². The number of imidazole rings is 3. The highest BCUT2D eigenvalue weighted by atomic mass is 15.1. The molecule has 324 valence electrons. The van der Waals surface area contributed by atoms with Crippen molar-refractivity contribution in [2.24, 2.45) is 0 Å². The van der Waals surface area contributed by atoms with Gasteiger partial charge in [-0.2, -0.15) is 0 Å². The summed E-state index contributed by atoms with van der Waals surface area (Å²) in [6.45, 7) is 0. The fraction of sp³-hybridized carbons (Fsp3) is 0. The molecule has 0 aliphatic heterocycles. The van der Waals surface area contributed by atoms with Crippen molar-refractivity contribution in [1.82, 2.24) is 43.6 Å². The second-order valence-electron chi connectivity index (χ2n) is 16.1. The van der Waals surface area contributed by atoms with Crippen molar-refractivity contribution in [3.05, 3.63) is 237 Å². The molecular weight excluding hydrogens is 847 g/mol. The highest BCUT2D eigenvalue weighted by molar-refractivity contribution is 5.90. The average molecular weight is 898 g/mol. The van der Waals surface area contributed by atoms with Gasteiger partial charge < -0.3 is 0 Å². The Morgan fingerprint density at radius 1 is 0.304 bits per heavy atom. The fourth-order valence-electron chi connectivity index (χ4n) is 8.86. The van der Waals surface area contributed by atoms with Crippen LogP contribution in [0.5, 0.6) is 0 Å². The maximum atomic E-state index is 8.62. The SMILES string of the molecule is [2H]c1nc(-c2ccc(-n3c(-c4cc(-c5nc6ccccc6n5-c5ccc(-c6nc([2H])c([2H])c([2H])c6[2H])cc5)cc(-c5nc6ccccc6n5-c5ccc(-c6nc([2H])c([2H])c([2H])c6[2H])cc5)c4)nc4ccccc43)cc2)c([2H])c([2H])c1[2H]. The minimum absolute atomic E-state index is 0.116. The van der Waals surface area contributed by atoms with Crippen LogP contribution in [0.2, 0.25) is 0 Å². The molecule has 0 bridgehead atoms. The van der Waals surface area contributed by atoms with Crippen molar-refractivity contribution in [2.75, 3.05) is 0 Å². The van der Waals surface area contributed by atoms with E-state index in [4.69, 9.17) is 31.4 Å². The molecule has 6 aromatic heterocycles. The van der Waals surface area contributed by atoms with Gasteiger partial charge in [0.2, 0.25) is 0 Å². The summed E-state index contributed by atoms with van der Waals surface area (Å²) < 4.78 is 106. The molecule has 13 rings (SSSR count). The Kier molecular flexibility index (Phi) is 7.04. The summed E-state index contributed by atoms with van der Waals surface area (Å²) >= 11 is 0. The predicted molar refractivity (Wildman–Crippen MR) is 276 cm³/mol. The molecular formula is C60H39N9. The summed E-state index contributed by atoms with van der Waals surface area (Å²) in [6, 6.07) is 47.9. The number of rotatable bonds is 9. The molecule has 0 unspecified atom stereocenters. The van der Waals surface area contributed by atoms with Gasteiger partial charge in [0.25, 0.3) is 0 Å². The van der Waals surface area contributed by atoms with E-state index >= 15 is 0 Å². The largest absolute Gasteiger partial charge is 0.292 e. The quantitative estimate of drug-likeness (QED) is 0.143. The standard InChI is InChI=1S/C60H39N9/c1-4-19-55-52(16-1)64-58(67(55)46-28-22-40(23-29-46)49-13-7-10-34-61-49)43-37-44(59-65-53-17-2-5-20-56(53)68(59)47-30-24-41(25-31-47)50-14-8-11-35-62-50)39-45(38-43)60-66-54-18-3-6-21-57(54)69(60)48-32-26-42(27-33-48)51-15-9-12-36-63-51/h1-39H/i7D,8D,9D,10D,11D,12D,13D,14D,15D,34D,35D,36D. The van der Waals surface area contributed by atoms with Crippen molar-refractivity contribution in [3.63, 3.8) is 0 Å². The number of fused-ring (bicyclic) bond motifs is 3. The summed E-state index contributed by atoms with van der Waals surface area (Å²) in [5, 5.41) is 0. The van der Waals surface area contributed by atoms with Gasteiger partial charge in [0.15, 0.2) is 0 Å². The monoisotopic (exact) mass is 897 g/mol. The smallest absolute Gasteiger partial charge is 0.145 e. The molecule has 9 heteroatoms. The molecule has 7 aromatic carbocycles. The second-order valence-corrected chi connectivity index (χ2v) is 16.1. The van der Waals surface area contributed by atoms with Gasteiger partial charge in [-0.05, 0) is 127 Å². The normalized spacial score (nSPS) is 13.9. The number of aromatic nitrogens is 9. The van der Waals surface area contributed by atoms with E-state index in [9.17, 15) is 0 Å². The number of pyridine rings is 3. The van der Waals surface area contributed by atoms with Crippen LogP contribution >= 0.6 is 0 Å². The average Bonchev–Trinajstić information content (AvgIpc) is 4.35. The molecule has 69 heavy (non-hydrogen) atoms. The molecule has 0 saturated heterocycles. The maximum Gasteiger partial charge on any atom is 0.145 e.